The van der Waals surface area contributed by atoms with E-state index in [1.807, 2.05) is 0 Å². The van der Waals surface area contributed by atoms with Crippen molar-refractivity contribution in [1.29, 1.82) is 0 Å². The Bertz CT molecular complexity index is 484. The van der Waals surface area contributed by atoms with E-state index in [2.05, 4.69) is 0 Å². The summed E-state index contributed by atoms with van der Waals surface area (Å²) in [5, 5.41) is 9.52. The largest absolute Gasteiger partial charge is 0.481 e. The Morgan fingerprint density at radius 3 is 2.68 bits per heavy atom. The number of hydrogen-bond acceptors (Lipinski definition) is 2. The molecule has 0 heterocycles. The van der Waals surface area contributed by atoms with Gasteiger partial charge in [0.15, 0.2) is 5.78 Å². The van der Waals surface area contributed by atoms with Crippen LogP contribution in [0.4, 0.5) is 0 Å². The van der Waals surface area contributed by atoms with Crippen LogP contribution in [0.5, 0.6) is 0 Å². The average Bonchev–Trinajstić information content (AvgIpc) is 2.39. The number of carboxylic acids is 1. The van der Waals surface area contributed by atoms with E-state index in [4.69, 9.17) is 16.7 Å². The van der Waals surface area contributed by atoms with E-state index in [0.717, 1.165) is 19.3 Å². The third kappa shape index (κ3) is 3.57. The van der Waals surface area contributed by atoms with Crippen molar-refractivity contribution < 1.29 is 14.7 Å². The van der Waals surface area contributed by atoms with Gasteiger partial charge in [-0.05, 0) is 37.3 Å². The van der Waals surface area contributed by atoms with Gasteiger partial charge in [0.25, 0.3) is 0 Å². The summed E-state index contributed by atoms with van der Waals surface area (Å²) in [6.45, 7) is 0. The first kappa shape index (κ1) is 14.1. The summed E-state index contributed by atoms with van der Waals surface area (Å²) < 4.78 is 0. The van der Waals surface area contributed by atoms with E-state index < -0.39 is 5.97 Å². The fourth-order valence-electron chi connectivity index (χ4n) is 2.76. The van der Waals surface area contributed by atoms with Gasteiger partial charge < -0.3 is 5.11 Å². The number of carboxylic acid groups (broad SMARTS) is 1. The first-order valence-corrected chi connectivity index (χ1v) is 6.96. The molecule has 1 N–H and O–H groups in total. The van der Waals surface area contributed by atoms with Crippen LogP contribution in [-0.4, -0.2) is 16.9 Å². The topological polar surface area (TPSA) is 54.4 Å². The molecule has 0 saturated heterocycles. The highest BCUT2D eigenvalue weighted by Gasteiger charge is 2.28. The van der Waals surface area contributed by atoms with E-state index in [9.17, 15) is 9.59 Å². The molecule has 0 spiro atoms. The van der Waals surface area contributed by atoms with Crippen molar-refractivity contribution in [2.75, 3.05) is 0 Å². The van der Waals surface area contributed by atoms with Crippen LogP contribution >= 0.6 is 11.6 Å². The molecule has 0 unspecified atom stereocenters. The lowest BCUT2D eigenvalue weighted by molar-refractivity contribution is -0.143. The van der Waals surface area contributed by atoms with Gasteiger partial charge in [-0.3, -0.25) is 9.59 Å². The maximum atomic E-state index is 12.2. The first-order valence-electron chi connectivity index (χ1n) is 6.58. The maximum absolute atomic E-state index is 12.2. The average molecular weight is 281 g/mol. The highest BCUT2D eigenvalue weighted by molar-refractivity contribution is 6.33. The van der Waals surface area contributed by atoms with Crippen LogP contribution in [0.3, 0.4) is 0 Å². The monoisotopic (exact) mass is 280 g/mol. The number of Topliss-reactive ketones (excluding diaryl/α,β-unsaturated/α-hetero) is 1. The second kappa shape index (κ2) is 6.20. The molecule has 0 amide bonds. The number of ketones is 1. The fourth-order valence-corrected chi connectivity index (χ4v) is 3.00. The van der Waals surface area contributed by atoms with Crippen LogP contribution in [-0.2, 0) is 4.79 Å². The van der Waals surface area contributed by atoms with Gasteiger partial charge in [0.05, 0.1) is 10.9 Å². The Labute approximate surface area is 117 Å². The summed E-state index contributed by atoms with van der Waals surface area (Å²) in [6, 6.07) is 7.01. The highest BCUT2D eigenvalue weighted by Crippen LogP contribution is 2.32. The highest BCUT2D eigenvalue weighted by atomic mass is 35.5. The van der Waals surface area contributed by atoms with Gasteiger partial charge in [-0.25, -0.2) is 0 Å². The molecule has 1 aromatic carbocycles. The van der Waals surface area contributed by atoms with Gasteiger partial charge in [0.2, 0.25) is 0 Å². The molecule has 1 aliphatic rings. The molecule has 19 heavy (non-hydrogen) atoms. The molecule has 0 aromatic heterocycles. The van der Waals surface area contributed by atoms with Crippen LogP contribution in [0.15, 0.2) is 24.3 Å². The molecule has 0 aliphatic heterocycles. The predicted octanol–water partition coefficient (Wildman–Crippen LogP) is 3.80. The molecule has 2 rings (SSSR count). The zero-order chi connectivity index (χ0) is 13.8. The third-order valence-electron chi connectivity index (χ3n) is 3.78. The molecule has 3 nitrogen and oxygen atoms in total. The molecule has 0 bridgehead atoms. The van der Waals surface area contributed by atoms with Crippen LogP contribution in [0.2, 0.25) is 5.02 Å². The summed E-state index contributed by atoms with van der Waals surface area (Å²) in [7, 11) is 0. The smallest absolute Gasteiger partial charge is 0.306 e. The van der Waals surface area contributed by atoms with E-state index in [0.29, 0.717) is 23.4 Å². The maximum Gasteiger partial charge on any atom is 0.306 e. The molecule has 2 atom stereocenters. The minimum absolute atomic E-state index is 0.0154. The van der Waals surface area contributed by atoms with Crippen molar-refractivity contribution in [2.45, 2.75) is 32.1 Å². The van der Waals surface area contributed by atoms with Gasteiger partial charge in [-0.1, -0.05) is 30.2 Å². The molecule has 1 fully saturated rings. The number of carbonyl (C=O) groups excluding carboxylic acids is 1. The summed E-state index contributed by atoms with van der Waals surface area (Å²) >= 11 is 6.00. The van der Waals surface area contributed by atoms with Crippen LogP contribution < -0.4 is 0 Å². The van der Waals surface area contributed by atoms with Crippen LogP contribution in [0.1, 0.15) is 42.5 Å². The molecule has 1 aromatic rings. The Balaban J connectivity index is 1.99. The Morgan fingerprint density at radius 2 is 2.00 bits per heavy atom. The van der Waals surface area contributed by atoms with Gasteiger partial charge >= 0.3 is 5.97 Å². The fraction of sp³-hybridized carbons (Fsp3) is 0.467. The standard InChI is InChI=1S/C15H17ClO3/c16-13-7-2-1-6-12(13)14(17)9-10-4-3-5-11(8-10)15(18)19/h1-2,6-7,10-11H,3-5,8-9H2,(H,18,19)/t10-,11+/m0/s1. The molecular weight excluding hydrogens is 264 g/mol. The lowest BCUT2D eigenvalue weighted by atomic mass is 9.78. The molecular formula is C15H17ClO3. The lowest BCUT2D eigenvalue weighted by Crippen LogP contribution is -2.24. The SMILES string of the molecule is O=C(C[C@H]1CCC[C@@H](C(=O)O)C1)c1ccccc1Cl. The van der Waals surface area contributed by atoms with Crippen molar-refractivity contribution in [3.8, 4) is 0 Å². The zero-order valence-electron chi connectivity index (χ0n) is 10.6. The lowest BCUT2D eigenvalue weighted by Gasteiger charge is -2.26. The number of hydrogen-bond donors (Lipinski definition) is 1. The summed E-state index contributed by atoms with van der Waals surface area (Å²) in [6.07, 6.45) is 3.54. The first-order chi connectivity index (χ1) is 9.08. The number of halogens is 1. The van der Waals surface area contributed by atoms with Gasteiger partial charge in [-0.15, -0.1) is 0 Å². The van der Waals surface area contributed by atoms with Crippen molar-refractivity contribution in [3.63, 3.8) is 0 Å². The molecule has 102 valence electrons. The van der Waals surface area contributed by atoms with E-state index in [1.54, 1.807) is 24.3 Å². The van der Waals surface area contributed by atoms with Crippen LogP contribution in [0, 0.1) is 11.8 Å². The normalized spacial score (nSPS) is 23.0. The molecule has 4 heteroatoms. The van der Waals surface area contributed by atoms with Gasteiger partial charge in [0.1, 0.15) is 0 Å². The van der Waals surface area contributed by atoms with Crippen LogP contribution in [0.25, 0.3) is 0 Å². The van der Waals surface area contributed by atoms with Gasteiger partial charge in [-0.2, -0.15) is 0 Å². The molecule has 0 radical (unpaired) electrons. The van der Waals surface area contributed by atoms with Crippen molar-refractivity contribution in [1.82, 2.24) is 0 Å². The third-order valence-corrected chi connectivity index (χ3v) is 4.11. The number of benzene rings is 1. The van der Waals surface area contributed by atoms with Crippen molar-refractivity contribution in [2.24, 2.45) is 11.8 Å². The second-order valence-corrected chi connectivity index (χ2v) is 5.58. The van der Waals surface area contributed by atoms with E-state index in [1.165, 1.54) is 0 Å². The van der Waals surface area contributed by atoms with E-state index >= 15 is 0 Å². The molecule has 1 saturated carbocycles. The Kier molecular flexibility index (Phi) is 4.59. The minimum atomic E-state index is -0.741. The second-order valence-electron chi connectivity index (χ2n) is 5.17. The summed E-state index contributed by atoms with van der Waals surface area (Å²) in [5.74, 6) is -0.854. The zero-order valence-corrected chi connectivity index (χ0v) is 11.4. The van der Waals surface area contributed by atoms with Gasteiger partial charge in [0, 0.05) is 12.0 Å². The quantitative estimate of drug-likeness (QED) is 0.854. The number of rotatable bonds is 4. The minimum Gasteiger partial charge on any atom is -0.481 e. The summed E-state index contributed by atoms with van der Waals surface area (Å²) in [5.41, 5.74) is 0.543. The number of aliphatic carboxylic acids is 1. The Morgan fingerprint density at radius 1 is 1.26 bits per heavy atom. The van der Waals surface area contributed by atoms with E-state index in [-0.39, 0.29) is 17.6 Å². The summed E-state index contributed by atoms with van der Waals surface area (Å²) in [4.78, 5) is 23.2. The Hall–Kier alpha value is -1.35. The van der Waals surface area contributed by atoms with Crippen molar-refractivity contribution >= 4 is 23.4 Å². The predicted molar refractivity (Wildman–Crippen MR) is 73.5 cm³/mol. The molecule has 1 aliphatic carbocycles. The van der Waals surface area contributed by atoms with Crippen molar-refractivity contribution in [3.05, 3.63) is 34.9 Å². The number of carbonyl (C=O) groups is 2.